The highest BCUT2D eigenvalue weighted by atomic mass is 19.1. The normalized spacial score (nSPS) is 14.3. The van der Waals surface area contributed by atoms with E-state index in [9.17, 15) is 9.18 Å². The van der Waals surface area contributed by atoms with Gasteiger partial charge in [-0.1, -0.05) is 12.1 Å². The summed E-state index contributed by atoms with van der Waals surface area (Å²) in [6.07, 6.45) is 1.41. The zero-order chi connectivity index (χ0) is 17.4. The summed E-state index contributed by atoms with van der Waals surface area (Å²) in [5, 5.41) is 9.56. The van der Waals surface area contributed by atoms with Gasteiger partial charge < -0.3 is 14.3 Å². The van der Waals surface area contributed by atoms with E-state index in [0.717, 1.165) is 5.56 Å². The number of hydrogen-bond acceptors (Lipinski definition) is 5. The summed E-state index contributed by atoms with van der Waals surface area (Å²) in [5.41, 5.74) is 2.09. The van der Waals surface area contributed by atoms with Gasteiger partial charge in [-0.15, -0.1) is 0 Å². The molecular weight excluding hydrogens is 325 g/mol. The Kier molecular flexibility index (Phi) is 3.99. The third kappa shape index (κ3) is 2.79. The second kappa shape index (κ2) is 6.31. The molecule has 0 amide bonds. The van der Waals surface area contributed by atoms with Crippen molar-refractivity contribution in [3.63, 3.8) is 0 Å². The largest absolute Gasteiger partial charge is 0.478 e. The van der Waals surface area contributed by atoms with Crippen LogP contribution in [0.5, 0.6) is 5.75 Å². The standard InChI is InChI=1S/C19H16FNO4/c20-13-3-1-12(2-4-13)16-10-24-19-14(18(16)23)5-6-17-15(19)9-21(7-8-22)11-25-17/h1-6,10,22H,7-9,11H2. The number of benzene rings is 2. The highest BCUT2D eigenvalue weighted by molar-refractivity contribution is 5.85. The van der Waals surface area contributed by atoms with Crippen molar-refractivity contribution in [1.82, 2.24) is 4.90 Å². The van der Waals surface area contributed by atoms with Crippen molar-refractivity contribution in [2.45, 2.75) is 6.54 Å². The van der Waals surface area contributed by atoms with Crippen LogP contribution in [0.25, 0.3) is 22.1 Å². The first kappa shape index (κ1) is 15.8. The molecule has 0 saturated heterocycles. The van der Waals surface area contributed by atoms with Crippen molar-refractivity contribution in [2.24, 2.45) is 0 Å². The van der Waals surface area contributed by atoms with Crippen LogP contribution in [0, 0.1) is 5.82 Å². The molecule has 5 nitrogen and oxygen atoms in total. The molecule has 0 unspecified atom stereocenters. The van der Waals surface area contributed by atoms with Crippen molar-refractivity contribution in [3.05, 3.63) is 64.3 Å². The number of nitrogens with zero attached hydrogens (tertiary/aromatic N) is 1. The molecule has 1 aliphatic heterocycles. The lowest BCUT2D eigenvalue weighted by Crippen LogP contribution is -2.34. The van der Waals surface area contributed by atoms with Gasteiger partial charge in [0.05, 0.1) is 23.1 Å². The minimum atomic E-state index is -0.357. The van der Waals surface area contributed by atoms with E-state index in [4.69, 9.17) is 14.3 Å². The SMILES string of the molecule is O=c1c(-c2ccc(F)cc2)coc2c3c(ccc12)OCN(CCO)C3. The Morgan fingerprint density at radius 2 is 1.96 bits per heavy atom. The minimum absolute atomic E-state index is 0.0299. The summed E-state index contributed by atoms with van der Waals surface area (Å²) in [6, 6.07) is 9.18. The topological polar surface area (TPSA) is 62.9 Å². The zero-order valence-electron chi connectivity index (χ0n) is 13.4. The molecule has 1 aliphatic rings. The van der Waals surface area contributed by atoms with Crippen molar-refractivity contribution in [1.29, 1.82) is 0 Å². The summed E-state index contributed by atoms with van der Waals surface area (Å²) in [5.74, 6) is 0.323. The summed E-state index contributed by atoms with van der Waals surface area (Å²) >= 11 is 0. The Hall–Kier alpha value is -2.70. The second-order valence-corrected chi connectivity index (χ2v) is 5.95. The molecule has 0 spiro atoms. The van der Waals surface area contributed by atoms with Crippen LogP contribution >= 0.6 is 0 Å². The number of halogens is 1. The van der Waals surface area contributed by atoms with E-state index in [0.29, 0.717) is 47.7 Å². The lowest BCUT2D eigenvalue weighted by Gasteiger charge is -2.28. The van der Waals surface area contributed by atoms with E-state index in [1.165, 1.54) is 18.4 Å². The molecule has 0 saturated carbocycles. The van der Waals surface area contributed by atoms with Crippen LogP contribution in [0.15, 0.2) is 51.9 Å². The predicted molar refractivity (Wildman–Crippen MR) is 90.9 cm³/mol. The summed E-state index contributed by atoms with van der Waals surface area (Å²) in [7, 11) is 0. The highest BCUT2D eigenvalue weighted by Crippen LogP contribution is 2.32. The maximum atomic E-state index is 13.1. The number of fused-ring (bicyclic) bond motifs is 3. The molecular formula is C19H16FNO4. The lowest BCUT2D eigenvalue weighted by molar-refractivity contribution is 0.0774. The first-order valence-corrected chi connectivity index (χ1v) is 7.96. The first-order chi connectivity index (χ1) is 12.2. The van der Waals surface area contributed by atoms with Gasteiger partial charge in [0.2, 0.25) is 5.43 Å². The van der Waals surface area contributed by atoms with Gasteiger partial charge in [-0.25, -0.2) is 4.39 Å². The van der Waals surface area contributed by atoms with Crippen molar-refractivity contribution >= 4 is 11.0 Å². The molecule has 1 aromatic heterocycles. The Bertz CT molecular complexity index is 981. The van der Waals surface area contributed by atoms with Gasteiger partial charge in [-0.3, -0.25) is 9.69 Å². The van der Waals surface area contributed by atoms with E-state index in [1.807, 2.05) is 4.90 Å². The van der Waals surface area contributed by atoms with E-state index in [-0.39, 0.29) is 17.9 Å². The molecule has 6 heteroatoms. The molecule has 25 heavy (non-hydrogen) atoms. The lowest BCUT2D eigenvalue weighted by atomic mass is 10.0. The van der Waals surface area contributed by atoms with Gasteiger partial charge in [0.1, 0.15) is 30.1 Å². The second-order valence-electron chi connectivity index (χ2n) is 5.95. The molecule has 0 aliphatic carbocycles. The fourth-order valence-electron chi connectivity index (χ4n) is 3.07. The maximum absolute atomic E-state index is 13.1. The van der Waals surface area contributed by atoms with E-state index < -0.39 is 0 Å². The average molecular weight is 341 g/mol. The van der Waals surface area contributed by atoms with Gasteiger partial charge in [-0.05, 0) is 29.8 Å². The molecule has 0 fully saturated rings. The predicted octanol–water partition coefficient (Wildman–Crippen LogP) is 2.74. The number of ether oxygens (including phenoxy) is 1. The Morgan fingerprint density at radius 3 is 2.72 bits per heavy atom. The fraction of sp³-hybridized carbons (Fsp3) is 0.211. The number of aliphatic hydroxyl groups is 1. The van der Waals surface area contributed by atoms with Crippen LogP contribution in [0.4, 0.5) is 4.39 Å². The third-order valence-corrected chi connectivity index (χ3v) is 4.36. The number of rotatable bonds is 3. The highest BCUT2D eigenvalue weighted by Gasteiger charge is 2.22. The number of β-amino-alcohol motifs (C(OH)–C–C–N with tert-alkyl or cyclic N) is 1. The van der Waals surface area contributed by atoms with Gasteiger partial charge in [0.15, 0.2) is 0 Å². The van der Waals surface area contributed by atoms with E-state index in [1.54, 1.807) is 24.3 Å². The quantitative estimate of drug-likeness (QED) is 0.794. The molecule has 0 radical (unpaired) electrons. The van der Waals surface area contributed by atoms with Crippen molar-refractivity contribution in [3.8, 4) is 16.9 Å². The Balaban J connectivity index is 1.84. The minimum Gasteiger partial charge on any atom is -0.478 e. The van der Waals surface area contributed by atoms with E-state index >= 15 is 0 Å². The van der Waals surface area contributed by atoms with Crippen LogP contribution in [0.1, 0.15) is 5.56 Å². The summed E-state index contributed by atoms with van der Waals surface area (Å²) in [4.78, 5) is 14.8. The van der Waals surface area contributed by atoms with E-state index in [2.05, 4.69) is 0 Å². The maximum Gasteiger partial charge on any atom is 0.200 e. The number of aliphatic hydroxyl groups excluding tert-OH is 1. The molecule has 0 atom stereocenters. The third-order valence-electron chi connectivity index (χ3n) is 4.36. The van der Waals surface area contributed by atoms with Gasteiger partial charge in [-0.2, -0.15) is 0 Å². The molecule has 0 bridgehead atoms. The molecule has 128 valence electrons. The van der Waals surface area contributed by atoms with Crippen LogP contribution in [0.3, 0.4) is 0 Å². The fourth-order valence-corrected chi connectivity index (χ4v) is 3.07. The summed E-state index contributed by atoms with van der Waals surface area (Å²) in [6.45, 7) is 1.43. The Labute approximate surface area is 142 Å². The monoisotopic (exact) mass is 341 g/mol. The smallest absolute Gasteiger partial charge is 0.200 e. The molecule has 3 aromatic rings. The molecule has 4 rings (SSSR count). The average Bonchev–Trinajstić information content (AvgIpc) is 2.63. The van der Waals surface area contributed by atoms with Gasteiger partial charge in [0.25, 0.3) is 0 Å². The molecule has 1 N–H and O–H groups in total. The Morgan fingerprint density at radius 1 is 1.16 bits per heavy atom. The van der Waals surface area contributed by atoms with Crippen LogP contribution in [-0.4, -0.2) is 29.9 Å². The van der Waals surface area contributed by atoms with Crippen molar-refractivity contribution in [2.75, 3.05) is 19.9 Å². The van der Waals surface area contributed by atoms with Gasteiger partial charge >= 0.3 is 0 Å². The summed E-state index contributed by atoms with van der Waals surface area (Å²) < 4.78 is 24.6. The first-order valence-electron chi connectivity index (χ1n) is 7.96. The molecule has 2 aromatic carbocycles. The van der Waals surface area contributed by atoms with Gasteiger partial charge in [0, 0.05) is 13.1 Å². The van der Waals surface area contributed by atoms with Crippen LogP contribution in [0.2, 0.25) is 0 Å². The van der Waals surface area contributed by atoms with Crippen LogP contribution in [-0.2, 0) is 6.54 Å². The van der Waals surface area contributed by atoms with Crippen LogP contribution < -0.4 is 10.2 Å². The van der Waals surface area contributed by atoms with Crippen molar-refractivity contribution < 1.29 is 18.7 Å². The zero-order valence-corrected chi connectivity index (χ0v) is 13.4. The molecule has 2 heterocycles. The number of hydrogen-bond donors (Lipinski definition) is 1.